The number of amides is 1. The molecule has 0 aliphatic heterocycles. The summed E-state index contributed by atoms with van der Waals surface area (Å²) in [4.78, 5) is 20.3. The zero-order valence-corrected chi connectivity index (χ0v) is 14.3. The minimum Gasteiger partial charge on any atom is -0.324 e. The van der Waals surface area contributed by atoms with E-state index in [1.807, 2.05) is 30.3 Å². The number of benzene rings is 2. The van der Waals surface area contributed by atoms with Gasteiger partial charge in [-0.3, -0.25) is 4.79 Å². The van der Waals surface area contributed by atoms with E-state index in [1.165, 1.54) is 12.4 Å². The van der Waals surface area contributed by atoms with Crippen molar-refractivity contribution in [2.24, 2.45) is 0 Å². The molecule has 0 aliphatic carbocycles. The largest absolute Gasteiger partial charge is 0.416 e. The van der Waals surface area contributed by atoms with Gasteiger partial charge in [-0.05, 0) is 30.3 Å². The number of aromatic nitrogens is 2. The fraction of sp³-hybridized carbons (Fsp3) is 0.0556. The predicted octanol–water partition coefficient (Wildman–Crippen LogP) is 5.14. The van der Waals surface area contributed by atoms with Crippen LogP contribution in [0.3, 0.4) is 0 Å². The number of para-hydroxylation sites is 1. The Kier molecular flexibility index (Phi) is 5.27. The molecule has 0 fully saturated rings. The highest BCUT2D eigenvalue weighted by atomic mass is 35.5. The molecule has 3 aromatic rings. The minimum absolute atomic E-state index is 0.0142. The molecule has 5 nitrogen and oxygen atoms in total. The zero-order chi connectivity index (χ0) is 19.4. The first-order chi connectivity index (χ1) is 12.8. The molecule has 0 saturated carbocycles. The summed E-state index contributed by atoms with van der Waals surface area (Å²) in [7, 11) is 0. The molecule has 0 saturated heterocycles. The summed E-state index contributed by atoms with van der Waals surface area (Å²) in [5, 5.41) is 5.28. The lowest BCUT2D eigenvalue weighted by Crippen LogP contribution is -2.14. The van der Waals surface area contributed by atoms with E-state index in [4.69, 9.17) is 11.6 Å². The lowest BCUT2D eigenvalue weighted by atomic mass is 10.2. The summed E-state index contributed by atoms with van der Waals surface area (Å²) in [6.45, 7) is 0. The molecule has 0 aliphatic rings. The molecule has 3 rings (SSSR count). The van der Waals surface area contributed by atoms with Gasteiger partial charge in [0, 0.05) is 18.1 Å². The number of alkyl halides is 3. The van der Waals surface area contributed by atoms with Crippen LogP contribution in [-0.4, -0.2) is 15.9 Å². The first kappa shape index (κ1) is 18.7. The van der Waals surface area contributed by atoms with Crippen molar-refractivity contribution in [2.75, 3.05) is 10.6 Å². The van der Waals surface area contributed by atoms with Gasteiger partial charge in [0.2, 0.25) is 5.95 Å². The maximum absolute atomic E-state index is 12.8. The van der Waals surface area contributed by atoms with Gasteiger partial charge in [-0.15, -0.1) is 0 Å². The molecule has 0 unspecified atom stereocenters. The van der Waals surface area contributed by atoms with Crippen LogP contribution in [0.2, 0.25) is 5.02 Å². The third kappa shape index (κ3) is 4.73. The van der Waals surface area contributed by atoms with Gasteiger partial charge in [-0.2, -0.15) is 13.2 Å². The molecule has 1 amide bonds. The molecule has 1 aromatic heterocycles. The van der Waals surface area contributed by atoms with Crippen molar-refractivity contribution in [2.45, 2.75) is 6.18 Å². The molecule has 0 radical (unpaired) electrons. The van der Waals surface area contributed by atoms with Crippen LogP contribution < -0.4 is 10.6 Å². The van der Waals surface area contributed by atoms with Crippen molar-refractivity contribution in [1.29, 1.82) is 0 Å². The van der Waals surface area contributed by atoms with Crippen LogP contribution in [0, 0.1) is 0 Å². The molecule has 9 heteroatoms. The molecule has 2 aromatic carbocycles. The summed E-state index contributed by atoms with van der Waals surface area (Å²) in [5.41, 5.74) is -0.226. The van der Waals surface area contributed by atoms with E-state index in [9.17, 15) is 18.0 Å². The Morgan fingerprint density at radius 3 is 2.30 bits per heavy atom. The highest BCUT2D eigenvalue weighted by Crippen LogP contribution is 2.33. The average Bonchev–Trinajstić information content (AvgIpc) is 2.64. The van der Waals surface area contributed by atoms with Gasteiger partial charge < -0.3 is 10.6 Å². The smallest absolute Gasteiger partial charge is 0.324 e. The number of hydrogen-bond donors (Lipinski definition) is 2. The Hall–Kier alpha value is -3.13. The maximum Gasteiger partial charge on any atom is 0.416 e. The van der Waals surface area contributed by atoms with Crippen molar-refractivity contribution >= 4 is 34.8 Å². The molecule has 1 heterocycles. The second-order valence-electron chi connectivity index (χ2n) is 5.43. The molecule has 27 heavy (non-hydrogen) atoms. The normalized spacial score (nSPS) is 11.1. The number of carbonyl (C=O) groups excluding carboxylic acids is 1. The summed E-state index contributed by atoms with van der Waals surface area (Å²) in [5.74, 6) is -0.405. The highest BCUT2D eigenvalue weighted by Gasteiger charge is 2.31. The third-order valence-corrected chi connectivity index (χ3v) is 3.82. The molecule has 0 bridgehead atoms. The number of rotatable bonds is 4. The summed E-state index contributed by atoms with van der Waals surface area (Å²) < 4.78 is 38.4. The van der Waals surface area contributed by atoms with Crippen LogP contribution in [0.25, 0.3) is 0 Å². The van der Waals surface area contributed by atoms with Crippen LogP contribution >= 0.6 is 11.6 Å². The first-order valence-electron chi connectivity index (χ1n) is 7.65. The molecule has 0 atom stereocenters. The fourth-order valence-corrected chi connectivity index (χ4v) is 2.32. The SMILES string of the molecule is O=C(Nc1cc(C(F)(F)F)ccc1Cl)c1cnc(Nc2ccccc2)nc1. The average molecular weight is 393 g/mol. The van der Waals surface area contributed by atoms with E-state index in [2.05, 4.69) is 20.6 Å². The topological polar surface area (TPSA) is 66.9 Å². The molecular weight excluding hydrogens is 381 g/mol. The summed E-state index contributed by atoms with van der Waals surface area (Å²) >= 11 is 5.87. The summed E-state index contributed by atoms with van der Waals surface area (Å²) in [6.07, 6.45) is -2.03. The predicted molar refractivity (Wildman–Crippen MR) is 96.2 cm³/mol. The Morgan fingerprint density at radius 2 is 1.67 bits per heavy atom. The second-order valence-corrected chi connectivity index (χ2v) is 5.84. The van der Waals surface area contributed by atoms with E-state index in [0.29, 0.717) is 0 Å². The Bertz CT molecular complexity index is 947. The molecule has 0 spiro atoms. The molecular formula is C18H12ClF3N4O. The van der Waals surface area contributed by atoms with Crippen LogP contribution in [0.15, 0.2) is 60.9 Å². The number of anilines is 3. The van der Waals surface area contributed by atoms with Crippen molar-refractivity contribution in [1.82, 2.24) is 9.97 Å². The van der Waals surface area contributed by atoms with Crippen LogP contribution in [0.4, 0.5) is 30.5 Å². The second kappa shape index (κ2) is 7.63. The zero-order valence-electron chi connectivity index (χ0n) is 13.6. The van der Waals surface area contributed by atoms with Crippen LogP contribution in [-0.2, 0) is 6.18 Å². The van der Waals surface area contributed by atoms with Gasteiger partial charge in [0.15, 0.2) is 0 Å². The highest BCUT2D eigenvalue weighted by molar-refractivity contribution is 6.34. The first-order valence-corrected chi connectivity index (χ1v) is 8.03. The van der Waals surface area contributed by atoms with Crippen molar-refractivity contribution in [3.05, 3.63) is 77.1 Å². The fourth-order valence-electron chi connectivity index (χ4n) is 2.15. The molecule has 2 N–H and O–H groups in total. The molecule has 138 valence electrons. The lowest BCUT2D eigenvalue weighted by molar-refractivity contribution is -0.137. The van der Waals surface area contributed by atoms with Crippen LogP contribution in [0.5, 0.6) is 0 Å². The van der Waals surface area contributed by atoms with E-state index < -0.39 is 17.6 Å². The van der Waals surface area contributed by atoms with Gasteiger partial charge >= 0.3 is 6.18 Å². The number of nitrogens with zero attached hydrogens (tertiary/aromatic N) is 2. The van der Waals surface area contributed by atoms with E-state index >= 15 is 0 Å². The third-order valence-electron chi connectivity index (χ3n) is 3.49. The van der Waals surface area contributed by atoms with Crippen LogP contribution in [0.1, 0.15) is 15.9 Å². The number of halogens is 4. The van der Waals surface area contributed by atoms with Gasteiger partial charge in [0.05, 0.1) is 21.8 Å². The number of nitrogens with one attached hydrogen (secondary N) is 2. The number of carbonyl (C=O) groups is 1. The van der Waals surface area contributed by atoms with Crippen molar-refractivity contribution in [3.8, 4) is 0 Å². The van der Waals surface area contributed by atoms with Crippen molar-refractivity contribution in [3.63, 3.8) is 0 Å². The van der Waals surface area contributed by atoms with Crippen molar-refractivity contribution < 1.29 is 18.0 Å². The van der Waals surface area contributed by atoms with Gasteiger partial charge in [0.25, 0.3) is 5.91 Å². The van der Waals surface area contributed by atoms with Gasteiger partial charge in [-0.1, -0.05) is 29.8 Å². The lowest BCUT2D eigenvalue weighted by Gasteiger charge is -2.11. The van der Waals surface area contributed by atoms with E-state index in [0.717, 1.165) is 23.9 Å². The summed E-state index contributed by atoms with van der Waals surface area (Å²) in [6, 6.07) is 11.9. The van der Waals surface area contributed by atoms with Gasteiger partial charge in [-0.25, -0.2) is 9.97 Å². The Morgan fingerprint density at radius 1 is 1.00 bits per heavy atom. The number of hydrogen-bond acceptors (Lipinski definition) is 4. The monoisotopic (exact) mass is 392 g/mol. The quantitative estimate of drug-likeness (QED) is 0.644. The Labute approximate surface area is 157 Å². The maximum atomic E-state index is 12.8. The Balaban J connectivity index is 1.73. The van der Waals surface area contributed by atoms with Gasteiger partial charge in [0.1, 0.15) is 0 Å². The standard InChI is InChI=1S/C18H12ClF3N4O/c19-14-7-6-12(18(20,21)22)8-15(14)26-16(27)11-9-23-17(24-10-11)25-13-4-2-1-3-5-13/h1-10H,(H,26,27)(H,23,24,25). The van der Waals surface area contributed by atoms with E-state index in [-0.39, 0.29) is 22.2 Å². The minimum atomic E-state index is -4.54. The van der Waals surface area contributed by atoms with E-state index in [1.54, 1.807) is 0 Å².